The topological polar surface area (TPSA) is 63.2 Å². The lowest BCUT2D eigenvalue weighted by molar-refractivity contribution is -0.286. The molecule has 2 bridgehead atoms. The lowest BCUT2D eigenvalue weighted by atomic mass is 9.83. The molecular formula is C17H20F2N2O4. The van der Waals surface area contributed by atoms with Crippen molar-refractivity contribution in [1.82, 2.24) is 10.2 Å². The van der Waals surface area contributed by atoms with E-state index in [-0.39, 0.29) is 41.6 Å². The summed E-state index contributed by atoms with van der Waals surface area (Å²) in [5, 5.41) is 13.2. The van der Waals surface area contributed by atoms with Crippen molar-refractivity contribution in [2.75, 3.05) is 32.8 Å². The van der Waals surface area contributed by atoms with Crippen LogP contribution in [-0.2, 0) is 11.3 Å². The molecule has 2 N–H and O–H groups in total. The number of rotatable bonds is 3. The van der Waals surface area contributed by atoms with Crippen LogP contribution in [0.4, 0.5) is 8.78 Å². The lowest BCUT2D eigenvalue weighted by Crippen LogP contribution is -2.52. The van der Waals surface area contributed by atoms with Crippen molar-refractivity contribution in [3.63, 3.8) is 0 Å². The molecule has 1 aromatic carbocycles. The van der Waals surface area contributed by atoms with Crippen molar-refractivity contribution in [1.29, 1.82) is 0 Å². The Kier molecular flexibility index (Phi) is 3.31. The molecule has 0 amide bonds. The second-order valence-corrected chi connectivity index (χ2v) is 7.42. The maximum Gasteiger partial charge on any atom is 0.586 e. The maximum atomic E-state index is 13.1. The summed E-state index contributed by atoms with van der Waals surface area (Å²) in [6.45, 7) is 3.92. The van der Waals surface area contributed by atoms with Crippen molar-refractivity contribution in [3.8, 4) is 11.5 Å². The molecule has 0 unspecified atom stereocenters. The van der Waals surface area contributed by atoms with Crippen LogP contribution >= 0.6 is 0 Å². The van der Waals surface area contributed by atoms with Gasteiger partial charge in [-0.05, 0) is 17.7 Å². The molecule has 3 saturated heterocycles. The van der Waals surface area contributed by atoms with Gasteiger partial charge in [-0.1, -0.05) is 6.07 Å². The van der Waals surface area contributed by atoms with Crippen molar-refractivity contribution < 1.29 is 28.1 Å². The van der Waals surface area contributed by atoms with E-state index < -0.39 is 6.29 Å². The maximum absolute atomic E-state index is 13.1. The van der Waals surface area contributed by atoms with Crippen LogP contribution in [0.15, 0.2) is 18.2 Å². The lowest BCUT2D eigenvalue weighted by Gasteiger charge is -2.34. The van der Waals surface area contributed by atoms with Crippen LogP contribution in [0.5, 0.6) is 11.5 Å². The van der Waals surface area contributed by atoms with Crippen molar-refractivity contribution in [2.45, 2.75) is 24.5 Å². The number of nitrogens with zero attached hydrogens (tertiary/aromatic N) is 1. The smallest absolute Gasteiger partial charge is 0.396 e. The van der Waals surface area contributed by atoms with Crippen LogP contribution in [-0.4, -0.2) is 60.8 Å². The third-order valence-corrected chi connectivity index (χ3v) is 5.85. The Morgan fingerprint density at radius 2 is 2.12 bits per heavy atom. The van der Waals surface area contributed by atoms with Gasteiger partial charge in [0.15, 0.2) is 11.5 Å². The second kappa shape index (κ2) is 5.26. The Balaban J connectivity index is 1.33. The number of aliphatic hydroxyl groups excluding tert-OH is 1. The predicted molar refractivity (Wildman–Crippen MR) is 82.5 cm³/mol. The van der Waals surface area contributed by atoms with E-state index in [1.807, 2.05) is 0 Å². The van der Waals surface area contributed by atoms with E-state index in [9.17, 15) is 13.9 Å². The van der Waals surface area contributed by atoms with E-state index in [1.54, 1.807) is 12.1 Å². The SMILES string of the molecule is OC[C@H]1[C@H]2CN(Cc3ccc4c(c3)OC(F)(F)O4)C[C@]23CNC[C@H]1O3. The summed E-state index contributed by atoms with van der Waals surface area (Å²) in [6.07, 6.45) is -3.51. The third kappa shape index (κ3) is 2.43. The molecule has 0 aromatic heterocycles. The van der Waals surface area contributed by atoms with Crippen LogP contribution in [0.2, 0.25) is 0 Å². The summed E-state index contributed by atoms with van der Waals surface area (Å²) in [7, 11) is 0. The summed E-state index contributed by atoms with van der Waals surface area (Å²) in [5.41, 5.74) is 0.636. The summed E-state index contributed by atoms with van der Waals surface area (Å²) >= 11 is 0. The van der Waals surface area contributed by atoms with Crippen LogP contribution in [0.25, 0.3) is 0 Å². The van der Waals surface area contributed by atoms with Gasteiger partial charge in [-0.2, -0.15) is 0 Å². The molecule has 25 heavy (non-hydrogen) atoms. The van der Waals surface area contributed by atoms with Gasteiger partial charge in [-0.15, -0.1) is 8.78 Å². The van der Waals surface area contributed by atoms with E-state index >= 15 is 0 Å². The highest BCUT2D eigenvalue weighted by Gasteiger charge is 2.60. The number of morpholine rings is 1. The minimum Gasteiger partial charge on any atom is -0.396 e. The summed E-state index contributed by atoms with van der Waals surface area (Å²) in [6, 6.07) is 4.90. The molecule has 0 radical (unpaired) electrons. The molecule has 3 fully saturated rings. The van der Waals surface area contributed by atoms with Crippen LogP contribution in [0.1, 0.15) is 5.56 Å². The molecule has 4 aliphatic heterocycles. The Hall–Kier alpha value is -1.48. The van der Waals surface area contributed by atoms with Gasteiger partial charge in [0, 0.05) is 51.2 Å². The molecule has 4 atom stereocenters. The first-order valence-electron chi connectivity index (χ1n) is 8.59. The minimum absolute atomic E-state index is 0.0636. The number of ether oxygens (including phenoxy) is 3. The molecule has 5 rings (SSSR count). The number of hydrogen-bond acceptors (Lipinski definition) is 6. The zero-order chi connectivity index (χ0) is 17.2. The molecule has 0 aliphatic carbocycles. The molecule has 1 aromatic rings. The normalized spacial score (nSPS) is 38.1. The average molecular weight is 354 g/mol. The zero-order valence-electron chi connectivity index (χ0n) is 13.6. The first-order valence-corrected chi connectivity index (χ1v) is 8.59. The van der Waals surface area contributed by atoms with Gasteiger partial charge < -0.3 is 24.6 Å². The Morgan fingerprint density at radius 3 is 2.96 bits per heavy atom. The van der Waals surface area contributed by atoms with Gasteiger partial charge in [0.05, 0.1) is 11.7 Å². The van der Waals surface area contributed by atoms with Crippen LogP contribution in [0.3, 0.4) is 0 Å². The number of aliphatic hydroxyl groups is 1. The van der Waals surface area contributed by atoms with Gasteiger partial charge in [-0.3, -0.25) is 4.90 Å². The molecule has 6 nitrogen and oxygen atoms in total. The highest BCUT2D eigenvalue weighted by atomic mass is 19.3. The molecule has 136 valence electrons. The first-order chi connectivity index (χ1) is 12.0. The van der Waals surface area contributed by atoms with Crippen LogP contribution in [0, 0.1) is 11.8 Å². The largest absolute Gasteiger partial charge is 0.586 e. The zero-order valence-corrected chi connectivity index (χ0v) is 13.6. The highest BCUT2D eigenvalue weighted by molar-refractivity contribution is 5.45. The van der Waals surface area contributed by atoms with E-state index in [0.29, 0.717) is 6.54 Å². The molecule has 4 heterocycles. The molecular weight excluding hydrogens is 334 g/mol. The van der Waals surface area contributed by atoms with Crippen molar-refractivity contribution in [2.24, 2.45) is 11.8 Å². The summed E-state index contributed by atoms with van der Waals surface area (Å²) < 4.78 is 41.5. The quantitative estimate of drug-likeness (QED) is 0.837. The summed E-state index contributed by atoms with van der Waals surface area (Å²) in [5.74, 6) is 0.573. The number of fused-ring (bicyclic) bond motifs is 2. The number of halogens is 2. The Labute approximate surface area is 143 Å². The monoisotopic (exact) mass is 354 g/mol. The van der Waals surface area contributed by atoms with E-state index in [2.05, 4.69) is 19.7 Å². The minimum atomic E-state index is -3.59. The van der Waals surface area contributed by atoms with E-state index in [0.717, 1.165) is 31.7 Å². The standard InChI is InChI=1S/C17H20F2N2O4/c18-17(19)24-13-2-1-10(3-14(13)25-17)5-21-6-12-11(7-22)15-4-20-8-16(12,9-21)23-15/h1-3,11-12,15,20,22H,4-9H2/t11-,12+,15+,16+/m0/s1. The number of nitrogens with one attached hydrogen (secondary N) is 1. The average Bonchev–Trinajstić information content (AvgIpc) is 3.10. The molecule has 8 heteroatoms. The van der Waals surface area contributed by atoms with Gasteiger partial charge in [-0.25, -0.2) is 0 Å². The molecule has 0 saturated carbocycles. The number of hydrogen-bond donors (Lipinski definition) is 2. The number of benzene rings is 1. The Morgan fingerprint density at radius 1 is 1.28 bits per heavy atom. The van der Waals surface area contributed by atoms with E-state index in [4.69, 9.17) is 4.74 Å². The summed E-state index contributed by atoms with van der Waals surface area (Å²) in [4.78, 5) is 2.26. The van der Waals surface area contributed by atoms with E-state index in [1.165, 1.54) is 6.07 Å². The van der Waals surface area contributed by atoms with Gasteiger partial charge >= 0.3 is 6.29 Å². The van der Waals surface area contributed by atoms with Gasteiger partial charge in [0.1, 0.15) is 0 Å². The predicted octanol–water partition coefficient (Wildman–Crippen LogP) is 0.789. The van der Waals surface area contributed by atoms with Crippen LogP contribution < -0.4 is 14.8 Å². The molecule has 1 spiro atoms. The van der Waals surface area contributed by atoms with Gasteiger partial charge in [0.25, 0.3) is 0 Å². The third-order valence-electron chi connectivity index (χ3n) is 5.85. The second-order valence-electron chi connectivity index (χ2n) is 7.42. The number of likely N-dealkylation sites (tertiary alicyclic amines) is 1. The van der Waals surface area contributed by atoms with Crippen molar-refractivity contribution in [3.05, 3.63) is 23.8 Å². The Bertz CT molecular complexity index is 703. The first kappa shape index (κ1) is 15.7. The number of alkyl halides is 2. The van der Waals surface area contributed by atoms with Crippen molar-refractivity contribution >= 4 is 0 Å². The molecule has 4 aliphatic rings. The van der Waals surface area contributed by atoms with Gasteiger partial charge in [0.2, 0.25) is 0 Å². The highest BCUT2D eigenvalue weighted by Crippen LogP contribution is 2.48. The fourth-order valence-electron chi connectivity index (χ4n) is 4.87. The fourth-order valence-corrected chi connectivity index (χ4v) is 4.87. The fraction of sp³-hybridized carbons (Fsp3) is 0.647.